The van der Waals surface area contributed by atoms with Gasteiger partial charge in [-0.1, -0.05) is 18.2 Å². The van der Waals surface area contributed by atoms with Crippen molar-refractivity contribution >= 4 is 11.8 Å². The van der Waals surface area contributed by atoms with Gasteiger partial charge in [-0.15, -0.1) is 11.8 Å². The Morgan fingerprint density at radius 2 is 2.50 bits per heavy atom. The van der Waals surface area contributed by atoms with Crippen molar-refractivity contribution in [2.24, 2.45) is 5.73 Å². The van der Waals surface area contributed by atoms with Crippen LogP contribution in [0.15, 0.2) is 23.1 Å². The van der Waals surface area contributed by atoms with Gasteiger partial charge in [0.25, 0.3) is 0 Å². The lowest BCUT2D eigenvalue weighted by atomic mass is 10.2. The summed E-state index contributed by atoms with van der Waals surface area (Å²) in [5.74, 6) is 1.06. The highest BCUT2D eigenvalue weighted by molar-refractivity contribution is 8.03. The topological polar surface area (TPSA) is 26.0 Å². The van der Waals surface area contributed by atoms with Crippen molar-refractivity contribution < 1.29 is 0 Å². The van der Waals surface area contributed by atoms with Gasteiger partial charge in [-0.3, -0.25) is 0 Å². The Labute approximate surface area is 66.4 Å². The van der Waals surface area contributed by atoms with Gasteiger partial charge in [-0.2, -0.15) is 0 Å². The molecule has 10 heavy (non-hydrogen) atoms. The lowest BCUT2D eigenvalue weighted by molar-refractivity contribution is 1.02. The van der Waals surface area contributed by atoms with Crippen molar-refractivity contribution in [3.05, 3.63) is 23.1 Å². The summed E-state index contributed by atoms with van der Waals surface area (Å²) in [6.07, 6.45) is 8.92. The average Bonchev–Trinajstić information content (AvgIpc) is 2.03. The van der Waals surface area contributed by atoms with Crippen LogP contribution in [0.2, 0.25) is 0 Å². The zero-order valence-electron chi connectivity index (χ0n) is 6.05. The third-order valence-electron chi connectivity index (χ3n) is 1.38. The molecule has 1 rings (SSSR count). The van der Waals surface area contributed by atoms with E-state index < -0.39 is 0 Å². The zero-order valence-corrected chi connectivity index (χ0v) is 6.86. The second kappa shape index (κ2) is 4.58. The molecule has 0 aromatic heterocycles. The summed E-state index contributed by atoms with van der Waals surface area (Å²) in [6.45, 7) is 0.783. The molecule has 1 aliphatic carbocycles. The van der Waals surface area contributed by atoms with Gasteiger partial charge in [0, 0.05) is 12.3 Å². The molecule has 0 unspecified atom stereocenters. The van der Waals surface area contributed by atoms with Crippen molar-refractivity contribution in [1.29, 1.82) is 0 Å². The van der Waals surface area contributed by atoms with Crippen molar-refractivity contribution in [3.8, 4) is 0 Å². The molecule has 2 N–H and O–H groups in total. The summed E-state index contributed by atoms with van der Waals surface area (Å²) in [7, 11) is 0. The van der Waals surface area contributed by atoms with Gasteiger partial charge in [0.15, 0.2) is 0 Å². The van der Waals surface area contributed by atoms with E-state index in [0.29, 0.717) is 0 Å². The van der Waals surface area contributed by atoms with Gasteiger partial charge in [0.2, 0.25) is 0 Å². The molecule has 1 nitrogen and oxygen atoms in total. The normalized spacial score (nSPS) is 17.1. The molecule has 2 heteroatoms. The van der Waals surface area contributed by atoms with E-state index in [1.165, 1.54) is 17.7 Å². The third kappa shape index (κ3) is 2.58. The van der Waals surface area contributed by atoms with Gasteiger partial charge in [0.1, 0.15) is 0 Å². The van der Waals surface area contributed by atoms with Crippen molar-refractivity contribution in [1.82, 2.24) is 0 Å². The van der Waals surface area contributed by atoms with Crippen LogP contribution < -0.4 is 5.73 Å². The average molecular weight is 155 g/mol. The second-order valence-electron chi connectivity index (χ2n) is 2.24. The Morgan fingerprint density at radius 1 is 1.60 bits per heavy atom. The van der Waals surface area contributed by atoms with E-state index in [9.17, 15) is 0 Å². The monoisotopic (exact) mass is 155 g/mol. The van der Waals surface area contributed by atoms with Crippen LogP contribution in [0.4, 0.5) is 0 Å². The maximum absolute atomic E-state index is 5.38. The highest BCUT2D eigenvalue weighted by Gasteiger charge is 1.97. The van der Waals surface area contributed by atoms with Crippen LogP contribution in [0.25, 0.3) is 0 Å². The second-order valence-corrected chi connectivity index (χ2v) is 3.46. The SMILES string of the molecule is NCCSC1=CC=CCC1. The van der Waals surface area contributed by atoms with Crippen LogP contribution in [0.3, 0.4) is 0 Å². The van der Waals surface area contributed by atoms with Crippen LogP contribution in [0.5, 0.6) is 0 Å². The standard InChI is InChI=1S/C8H13NS/c9-6-7-10-8-4-2-1-3-5-8/h1-2,4H,3,5-7,9H2. The quantitative estimate of drug-likeness (QED) is 0.673. The van der Waals surface area contributed by atoms with Crippen LogP contribution in [0, 0.1) is 0 Å². The lowest BCUT2D eigenvalue weighted by Crippen LogP contribution is -2.01. The summed E-state index contributed by atoms with van der Waals surface area (Å²) >= 11 is 1.88. The van der Waals surface area contributed by atoms with Gasteiger partial charge in [-0.25, -0.2) is 0 Å². The summed E-state index contributed by atoms with van der Waals surface area (Å²) < 4.78 is 0. The number of hydrogen-bond donors (Lipinski definition) is 1. The Hall–Kier alpha value is -0.210. The summed E-state index contributed by atoms with van der Waals surface area (Å²) in [5, 5.41) is 0. The van der Waals surface area contributed by atoms with E-state index in [0.717, 1.165) is 12.3 Å². The Balaban J connectivity index is 2.25. The van der Waals surface area contributed by atoms with Crippen molar-refractivity contribution in [2.45, 2.75) is 12.8 Å². The number of rotatable bonds is 3. The van der Waals surface area contributed by atoms with Crippen LogP contribution in [-0.4, -0.2) is 12.3 Å². The molecule has 56 valence electrons. The minimum Gasteiger partial charge on any atom is -0.330 e. The molecule has 0 fully saturated rings. The van der Waals surface area contributed by atoms with Crippen molar-refractivity contribution in [2.75, 3.05) is 12.3 Å². The van der Waals surface area contributed by atoms with Gasteiger partial charge in [-0.05, 0) is 17.7 Å². The predicted molar refractivity (Wildman–Crippen MR) is 48.0 cm³/mol. The first kappa shape index (κ1) is 7.89. The van der Waals surface area contributed by atoms with E-state index in [1.54, 1.807) is 0 Å². The largest absolute Gasteiger partial charge is 0.330 e. The fraction of sp³-hybridized carbons (Fsp3) is 0.500. The first-order chi connectivity index (χ1) is 4.93. The molecule has 0 heterocycles. The summed E-state index contributed by atoms with van der Waals surface area (Å²) in [4.78, 5) is 1.48. The number of thioether (sulfide) groups is 1. The predicted octanol–water partition coefficient (Wildman–Crippen LogP) is 1.91. The van der Waals surface area contributed by atoms with E-state index in [2.05, 4.69) is 18.2 Å². The maximum atomic E-state index is 5.38. The Morgan fingerprint density at radius 3 is 3.10 bits per heavy atom. The molecule has 0 aliphatic heterocycles. The van der Waals surface area contributed by atoms with E-state index in [4.69, 9.17) is 5.73 Å². The third-order valence-corrected chi connectivity index (χ3v) is 2.53. The molecule has 0 aromatic carbocycles. The first-order valence-corrected chi connectivity index (χ1v) is 4.60. The van der Waals surface area contributed by atoms with E-state index in [1.807, 2.05) is 11.8 Å². The molecule has 0 saturated heterocycles. The molecular formula is C8H13NS. The summed E-state index contributed by atoms with van der Waals surface area (Å²) in [5.41, 5.74) is 5.38. The summed E-state index contributed by atoms with van der Waals surface area (Å²) in [6, 6.07) is 0. The Kier molecular flexibility index (Phi) is 3.62. The molecular weight excluding hydrogens is 142 g/mol. The van der Waals surface area contributed by atoms with E-state index >= 15 is 0 Å². The van der Waals surface area contributed by atoms with Gasteiger partial charge < -0.3 is 5.73 Å². The molecule has 0 radical (unpaired) electrons. The molecule has 0 bridgehead atoms. The molecule has 0 amide bonds. The Bertz CT molecular complexity index is 149. The number of allylic oxidation sites excluding steroid dienone is 4. The minimum atomic E-state index is 0.783. The highest BCUT2D eigenvalue weighted by Crippen LogP contribution is 2.23. The molecule has 0 aromatic rings. The van der Waals surface area contributed by atoms with Crippen LogP contribution >= 0.6 is 11.8 Å². The number of hydrogen-bond acceptors (Lipinski definition) is 2. The van der Waals surface area contributed by atoms with E-state index in [-0.39, 0.29) is 0 Å². The van der Waals surface area contributed by atoms with Crippen LogP contribution in [-0.2, 0) is 0 Å². The van der Waals surface area contributed by atoms with Gasteiger partial charge in [0.05, 0.1) is 0 Å². The first-order valence-electron chi connectivity index (χ1n) is 3.62. The fourth-order valence-electron chi connectivity index (χ4n) is 0.891. The maximum Gasteiger partial charge on any atom is 0.0100 e. The molecule has 1 aliphatic rings. The molecule has 0 saturated carbocycles. The molecule has 0 atom stereocenters. The molecule has 0 spiro atoms. The zero-order chi connectivity index (χ0) is 7.23. The fourth-order valence-corrected chi connectivity index (χ4v) is 1.71. The number of nitrogens with two attached hydrogens (primary N) is 1. The van der Waals surface area contributed by atoms with Gasteiger partial charge >= 0.3 is 0 Å². The van der Waals surface area contributed by atoms with Crippen LogP contribution in [0.1, 0.15) is 12.8 Å². The minimum absolute atomic E-state index is 0.783. The highest BCUT2D eigenvalue weighted by atomic mass is 32.2. The lowest BCUT2D eigenvalue weighted by Gasteiger charge is -2.06. The smallest absolute Gasteiger partial charge is 0.0100 e. The van der Waals surface area contributed by atoms with Crippen molar-refractivity contribution in [3.63, 3.8) is 0 Å².